The molecule has 21 heavy (non-hydrogen) atoms. The van der Waals surface area contributed by atoms with Crippen molar-refractivity contribution in [2.75, 3.05) is 13.1 Å². The van der Waals surface area contributed by atoms with Gasteiger partial charge in [-0.1, -0.05) is 31.0 Å². The van der Waals surface area contributed by atoms with E-state index in [2.05, 4.69) is 12.1 Å². The van der Waals surface area contributed by atoms with Crippen molar-refractivity contribution in [1.82, 2.24) is 4.90 Å². The fourth-order valence-electron chi connectivity index (χ4n) is 3.28. The summed E-state index contributed by atoms with van der Waals surface area (Å²) in [6, 6.07) is 10.5. The van der Waals surface area contributed by atoms with Crippen LogP contribution in [0.2, 0.25) is 0 Å². The molecule has 5 heteroatoms. The van der Waals surface area contributed by atoms with Crippen LogP contribution in [-0.4, -0.2) is 34.7 Å². The second-order valence-electron chi connectivity index (χ2n) is 5.92. The van der Waals surface area contributed by atoms with Gasteiger partial charge in [-0.3, -0.25) is 4.79 Å². The molecule has 3 nitrogen and oxygen atoms in total. The molecule has 0 bridgehead atoms. The van der Waals surface area contributed by atoms with E-state index >= 15 is 0 Å². The fourth-order valence-corrected chi connectivity index (χ4v) is 4.73. The van der Waals surface area contributed by atoms with Gasteiger partial charge in [0.15, 0.2) is 0 Å². The molecule has 1 amide bonds. The van der Waals surface area contributed by atoms with Gasteiger partial charge < -0.3 is 10.6 Å². The number of nitrogens with two attached hydrogens (primary N) is 1. The van der Waals surface area contributed by atoms with Gasteiger partial charge in [-0.05, 0) is 31.4 Å². The molecule has 0 unspecified atom stereocenters. The summed E-state index contributed by atoms with van der Waals surface area (Å²) in [5.41, 5.74) is 5.96. The minimum atomic E-state index is -0.245. The second kappa shape index (κ2) is 7.03. The molecule has 0 spiro atoms. The monoisotopic (exact) mass is 326 g/mol. The predicted octanol–water partition coefficient (Wildman–Crippen LogP) is 3.07. The molecule has 1 aromatic rings. The smallest absolute Gasteiger partial charge is 0.239 e. The van der Waals surface area contributed by atoms with Gasteiger partial charge in [0.1, 0.15) is 0 Å². The third kappa shape index (κ3) is 3.55. The number of thioether (sulfide) groups is 1. The molecule has 1 atom stereocenters. The van der Waals surface area contributed by atoms with E-state index in [1.807, 2.05) is 23.1 Å². The Morgan fingerprint density at radius 1 is 1.24 bits per heavy atom. The summed E-state index contributed by atoms with van der Waals surface area (Å²) in [7, 11) is 0. The van der Waals surface area contributed by atoms with Crippen LogP contribution in [-0.2, 0) is 4.79 Å². The van der Waals surface area contributed by atoms with Crippen LogP contribution < -0.4 is 5.73 Å². The Kier molecular flexibility index (Phi) is 5.58. The van der Waals surface area contributed by atoms with E-state index in [1.165, 1.54) is 4.90 Å². The summed E-state index contributed by atoms with van der Waals surface area (Å²) in [4.78, 5) is 16.2. The van der Waals surface area contributed by atoms with E-state index in [4.69, 9.17) is 5.73 Å². The van der Waals surface area contributed by atoms with Crippen LogP contribution in [0, 0.1) is 0 Å². The first-order valence-corrected chi connectivity index (χ1v) is 8.30. The van der Waals surface area contributed by atoms with Crippen molar-refractivity contribution in [2.45, 2.75) is 47.8 Å². The molecular weight excluding hydrogens is 304 g/mol. The van der Waals surface area contributed by atoms with Crippen LogP contribution in [0.25, 0.3) is 0 Å². The number of benzene rings is 1. The van der Waals surface area contributed by atoms with Gasteiger partial charge in [-0.2, -0.15) is 0 Å². The Morgan fingerprint density at radius 2 is 1.90 bits per heavy atom. The molecule has 3 rings (SSSR count). The van der Waals surface area contributed by atoms with Crippen LogP contribution in [0.5, 0.6) is 0 Å². The van der Waals surface area contributed by atoms with Crippen LogP contribution in [0.1, 0.15) is 32.1 Å². The normalized spacial score (nSPS) is 23.9. The maximum absolute atomic E-state index is 13.0. The third-order valence-corrected chi connectivity index (χ3v) is 5.85. The first-order chi connectivity index (χ1) is 9.70. The topological polar surface area (TPSA) is 46.3 Å². The largest absolute Gasteiger partial charge is 0.340 e. The van der Waals surface area contributed by atoms with E-state index in [0.29, 0.717) is 5.91 Å². The second-order valence-corrected chi connectivity index (χ2v) is 7.37. The maximum Gasteiger partial charge on any atom is 0.239 e. The summed E-state index contributed by atoms with van der Waals surface area (Å²) in [5.74, 6) is 0.316. The lowest BCUT2D eigenvalue weighted by atomic mass is 10.1. The lowest BCUT2D eigenvalue weighted by Gasteiger charge is -2.31. The van der Waals surface area contributed by atoms with Crippen molar-refractivity contribution in [3.63, 3.8) is 0 Å². The molecule has 2 aliphatic rings. The first kappa shape index (κ1) is 16.7. The third-order valence-electron chi connectivity index (χ3n) is 4.37. The van der Waals surface area contributed by atoms with Gasteiger partial charge >= 0.3 is 0 Å². The summed E-state index contributed by atoms with van der Waals surface area (Å²) in [6.07, 6.45) is 5.25. The average Bonchev–Trinajstić information content (AvgIpc) is 3.09. The zero-order chi connectivity index (χ0) is 14.0. The number of halogens is 1. The van der Waals surface area contributed by atoms with Crippen molar-refractivity contribution >= 4 is 30.1 Å². The fraction of sp³-hybridized carbons (Fsp3) is 0.562. The average molecular weight is 327 g/mol. The molecular formula is C16H23ClN2OS. The number of rotatable bonds is 3. The number of hydrogen-bond acceptors (Lipinski definition) is 3. The zero-order valence-electron chi connectivity index (χ0n) is 12.2. The van der Waals surface area contributed by atoms with Gasteiger partial charge in [0.05, 0.1) is 4.75 Å². The van der Waals surface area contributed by atoms with Crippen molar-refractivity contribution in [1.29, 1.82) is 0 Å². The standard InChI is InChI=1S/C16H22N2OS.ClH/c17-13-8-11-18(12-13)15(19)16(9-4-5-10-16)20-14-6-2-1-3-7-14;/h1-3,6-7,13H,4-5,8-12,17H2;1H/t13-;/m1./s1. The van der Waals surface area contributed by atoms with E-state index < -0.39 is 0 Å². The van der Waals surface area contributed by atoms with Crippen molar-refractivity contribution in [2.24, 2.45) is 5.73 Å². The van der Waals surface area contributed by atoms with E-state index in [9.17, 15) is 4.79 Å². The molecule has 116 valence electrons. The number of nitrogens with zero attached hydrogens (tertiary/aromatic N) is 1. The van der Waals surface area contributed by atoms with Gasteiger partial charge in [0, 0.05) is 24.0 Å². The number of carbonyl (C=O) groups excluding carboxylic acids is 1. The highest BCUT2D eigenvalue weighted by molar-refractivity contribution is 8.01. The number of amides is 1. The van der Waals surface area contributed by atoms with E-state index in [-0.39, 0.29) is 23.2 Å². The molecule has 1 saturated carbocycles. The first-order valence-electron chi connectivity index (χ1n) is 7.49. The van der Waals surface area contributed by atoms with Crippen LogP contribution in [0.3, 0.4) is 0 Å². The highest BCUT2D eigenvalue weighted by Gasteiger charge is 2.45. The zero-order valence-corrected chi connectivity index (χ0v) is 13.8. The SMILES string of the molecule is Cl.N[C@@H]1CCN(C(=O)C2(Sc3ccccc3)CCCC2)C1. The quantitative estimate of drug-likeness (QED) is 0.928. The highest BCUT2D eigenvalue weighted by atomic mass is 35.5. The Balaban J connectivity index is 0.00000161. The summed E-state index contributed by atoms with van der Waals surface area (Å²) in [6.45, 7) is 1.56. The predicted molar refractivity (Wildman–Crippen MR) is 89.9 cm³/mol. The molecule has 0 aromatic heterocycles. The van der Waals surface area contributed by atoms with Crippen molar-refractivity contribution in [3.8, 4) is 0 Å². The number of hydrogen-bond donors (Lipinski definition) is 1. The lowest BCUT2D eigenvalue weighted by Crippen LogP contribution is -2.45. The minimum absolute atomic E-state index is 0. The molecule has 0 radical (unpaired) electrons. The Morgan fingerprint density at radius 3 is 2.48 bits per heavy atom. The Hall–Kier alpha value is -0.710. The van der Waals surface area contributed by atoms with Crippen molar-refractivity contribution in [3.05, 3.63) is 30.3 Å². The molecule has 2 fully saturated rings. The molecule has 2 N–H and O–H groups in total. The lowest BCUT2D eigenvalue weighted by molar-refractivity contribution is -0.132. The van der Waals surface area contributed by atoms with Crippen LogP contribution in [0.4, 0.5) is 0 Å². The number of likely N-dealkylation sites (tertiary alicyclic amines) is 1. The minimum Gasteiger partial charge on any atom is -0.340 e. The summed E-state index contributed by atoms with van der Waals surface area (Å²) in [5, 5.41) is 0. The van der Waals surface area contributed by atoms with Gasteiger partial charge in [0.25, 0.3) is 0 Å². The highest BCUT2D eigenvalue weighted by Crippen LogP contribution is 2.46. The Labute approximate surface area is 137 Å². The molecule has 1 aliphatic carbocycles. The Bertz CT molecular complexity index is 476. The molecule has 1 heterocycles. The molecule has 1 aliphatic heterocycles. The molecule has 1 aromatic carbocycles. The van der Waals surface area contributed by atoms with Gasteiger partial charge in [-0.15, -0.1) is 24.2 Å². The van der Waals surface area contributed by atoms with Gasteiger partial charge in [0.2, 0.25) is 5.91 Å². The van der Waals surface area contributed by atoms with E-state index in [0.717, 1.165) is 45.2 Å². The van der Waals surface area contributed by atoms with Crippen LogP contribution >= 0.6 is 24.2 Å². The summed E-state index contributed by atoms with van der Waals surface area (Å²) >= 11 is 1.76. The summed E-state index contributed by atoms with van der Waals surface area (Å²) < 4.78 is -0.245. The molecule has 1 saturated heterocycles. The van der Waals surface area contributed by atoms with Gasteiger partial charge in [-0.25, -0.2) is 0 Å². The van der Waals surface area contributed by atoms with Crippen molar-refractivity contribution < 1.29 is 4.79 Å². The van der Waals surface area contributed by atoms with Crippen LogP contribution in [0.15, 0.2) is 35.2 Å². The number of carbonyl (C=O) groups is 1. The maximum atomic E-state index is 13.0. The van der Waals surface area contributed by atoms with E-state index in [1.54, 1.807) is 11.8 Å².